The van der Waals surface area contributed by atoms with Crippen molar-refractivity contribution in [3.63, 3.8) is 0 Å². The van der Waals surface area contributed by atoms with E-state index < -0.39 is 0 Å². The summed E-state index contributed by atoms with van der Waals surface area (Å²) in [5.41, 5.74) is 7.27. The van der Waals surface area contributed by atoms with Gasteiger partial charge in [-0.2, -0.15) is 0 Å². The normalized spacial score (nSPS) is 8.89. The third kappa shape index (κ3) is 1.38. The molecule has 0 spiro atoms. The van der Waals surface area contributed by atoms with E-state index in [1.807, 2.05) is 24.3 Å². The van der Waals surface area contributed by atoms with Gasteiger partial charge in [-0.1, -0.05) is 12.1 Å². The standard InChI is InChI=1S/C6H7N2.Al/c7-5-3-1-2-4-6(5)8;/h1-4,7H,8H2;/q-1;+1. The summed E-state index contributed by atoms with van der Waals surface area (Å²) in [6.07, 6.45) is 0. The topological polar surface area (TPSA) is 38.0 Å². The first-order chi connectivity index (χ1) is 4.34. The predicted octanol–water partition coefficient (Wildman–Crippen LogP) is 0.764. The molecule has 0 aromatic heterocycles. The fraction of sp³-hybridized carbons (Fsp3) is 0. The maximum Gasteiger partial charge on any atom is 0.305 e. The number of benzene rings is 1. The van der Waals surface area contributed by atoms with Gasteiger partial charge in [-0.3, -0.25) is 0 Å². The van der Waals surface area contributed by atoms with E-state index in [9.17, 15) is 0 Å². The Hall–Kier alpha value is -0.648. The summed E-state index contributed by atoms with van der Waals surface area (Å²) < 4.78 is 2.89. The van der Waals surface area contributed by atoms with Crippen molar-refractivity contribution in [3.8, 4) is 0 Å². The Labute approximate surface area is 62.7 Å². The van der Waals surface area contributed by atoms with Crippen molar-refractivity contribution in [2.75, 3.05) is 10.0 Å². The highest BCUT2D eigenvalue weighted by molar-refractivity contribution is 6.16. The number of hydrogen-bond donors (Lipinski definition) is 2. The number of nitrogen functional groups attached to an aromatic ring is 1. The molecule has 0 unspecified atom stereocenters. The lowest BCUT2D eigenvalue weighted by atomic mass is 10.3. The zero-order valence-corrected chi connectivity index (χ0v) is 6.12. The third-order valence-electron chi connectivity index (χ3n) is 1.12. The Bertz CT molecular complexity index is 200. The van der Waals surface area contributed by atoms with Crippen molar-refractivity contribution in [1.82, 2.24) is 0 Å². The lowest BCUT2D eigenvalue weighted by Gasteiger charge is -2.02. The molecule has 2 radical (unpaired) electrons. The Kier molecular flexibility index (Phi) is 1.99. The SMILES string of the molecule is Nc1ccccc1[NH][Al]. The fourth-order valence-corrected chi connectivity index (χ4v) is 0.891. The van der Waals surface area contributed by atoms with E-state index in [-0.39, 0.29) is 0 Å². The van der Waals surface area contributed by atoms with E-state index >= 15 is 0 Å². The van der Waals surface area contributed by atoms with Gasteiger partial charge >= 0.3 is 16.5 Å². The maximum absolute atomic E-state index is 5.56. The molecule has 0 aliphatic heterocycles. The van der Waals surface area contributed by atoms with E-state index in [4.69, 9.17) is 5.73 Å². The van der Waals surface area contributed by atoms with Gasteiger partial charge in [0, 0.05) is 5.69 Å². The summed E-state index contributed by atoms with van der Waals surface area (Å²) in [6, 6.07) is 7.61. The Balaban J connectivity index is 3.01. The van der Waals surface area contributed by atoms with Crippen molar-refractivity contribution < 1.29 is 0 Å². The molecule has 9 heavy (non-hydrogen) atoms. The molecule has 0 saturated carbocycles. The van der Waals surface area contributed by atoms with E-state index in [0.29, 0.717) is 0 Å². The highest BCUT2D eigenvalue weighted by atomic mass is 27.1. The van der Waals surface area contributed by atoms with Crippen molar-refractivity contribution in [1.29, 1.82) is 0 Å². The van der Waals surface area contributed by atoms with Gasteiger partial charge in [-0.15, -0.1) is 0 Å². The molecule has 1 rings (SSSR count). The molecule has 0 aliphatic rings. The monoisotopic (exact) mass is 134 g/mol. The molecule has 3 N–H and O–H groups in total. The van der Waals surface area contributed by atoms with Crippen molar-refractivity contribution in [3.05, 3.63) is 24.3 Å². The molecule has 44 valence electrons. The second kappa shape index (κ2) is 2.77. The van der Waals surface area contributed by atoms with Crippen LogP contribution in [0.25, 0.3) is 0 Å². The summed E-state index contributed by atoms with van der Waals surface area (Å²) in [6.45, 7) is 0. The molecule has 0 atom stereocenters. The Morgan fingerprint density at radius 1 is 1.33 bits per heavy atom. The second-order valence-corrected chi connectivity index (χ2v) is 2.02. The van der Waals surface area contributed by atoms with Crippen LogP contribution >= 0.6 is 0 Å². The Morgan fingerprint density at radius 3 is 2.44 bits per heavy atom. The lowest BCUT2D eigenvalue weighted by molar-refractivity contribution is 1.66. The molecule has 0 bridgehead atoms. The van der Waals surface area contributed by atoms with Crippen LogP contribution in [0.4, 0.5) is 11.4 Å². The van der Waals surface area contributed by atoms with Crippen LogP contribution in [-0.4, -0.2) is 16.5 Å². The minimum atomic E-state index is 0.771. The smallest absolute Gasteiger partial charge is 0.305 e. The molecule has 1 aromatic rings. The highest BCUT2D eigenvalue weighted by Gasteiger charge is 1.88. The molecular formula is C6H7AlN2. The summed E-state index contributed by atoms with van der Waals surface area (Å²) in [5, 5.41) is 0. The van der Waals surface area contributed by atoms with E-state index in [2.05, 4.69) is 20.8 Å². The molecule has 3 heteroatoms. The highest BCUT2D eigenvalue weighted by Crippen LogP contribution is 2.14. The van der Waals surface area contributed by atoms with E-state index in [0.717, 1.165) is 11.4 Å². The van der Waals surface area contributed by atoms with Crippen LogP contribution < -0.4 is 10.0 Å². The van der Waals surface area contributed by atoms with Crippen LogP contribution in [0.3, 0.4) is 0 Å². The number of nitrogens with two attached hydrogens (primary N) is 1. The molecule has 1 aromatic carbocycles. The summed E-state index contributed by atoms with van der Waals surface area (Å²) in [5.74, 6) is 0. The number of anilines is 2. The molecule has 0 amide bonds. The zero-order valence-electron chi connectivity index (χ0n) is 4.96. The number of hydrogen-bond acceptors (Lipinski definition) is 2. The molecular weight excluding hydrogens is 127 g/mol. The van der Waals surface area contributed by atoms with Crippen molar-refractivity contribution in [2.45, 2.75) is 0 Å². The molecule has 0 fully saturated rings. The summed E-state index contributed by atoms with van der Waals surface area (Å²) >= 11 is 2.40. The first-order valence-electron chi connectivity index (χ1n) is 2.65. The summed E-state index contributed by atoms with van der Waals surface area (Å²) in [4.78, 5) is 0. The third-order valence-corrected chi connectivity index (χ3v) is 1.43. The molecule has 0 saturated heterocycles. The van der Waals surface area contributed by atoms with Crippen LogP contribution in [0.15, 0.2) is 24.3 Å². The molecule has 2 nitrogen and oxygen atoms in total. The van der Waals surface area contributed by atoms with Crippen LogP contribution in [0, 0.1) is 0 Å². The average Bonchev–Trinajstić information content (AvgIpc) is 1.89. The largest absolute Gasteiger partial charge is 0.489 e. The number of nitrogens with one attached hydrogen (secondary N) is 1. The quantitative estimate of drug-likeness (QED) is 0.439. The van der Waals surface area contributed by atoms with Crippen LogP contribution in [-0.2, 0) is 0 Å². The van der Waals surface area contributed by atoms with Crippen LogP contribution in [0.5, 0.6) is 0 Å². The van der Waals surface area contributed by atoms with Gasteiger partial charge in [0.05, 0.1) is 5.69 Å². The first-order valence-corrected chi connectivity index (χ1v) is 3.23. The van der Waals surface area contributed by atoms with E-state index in [1.54, 1.807) is 0 Å². The lowest BCUT2D eigenvalue weighted by Crippen LogP contribution is -1.95. The second-order valence-electron chi connectivity index (χ2n) is 1.73. The first kappa shape index (κ1) is 6.47. The van der Waals surface area contributed by atoms with Gasteiger partial charge in [0.25, 0.3) is 0 Å². The van der Waals surface area contributed by atoms with Gasteiger partial charge in [-0.05, 0) is 12.1 Å². The van der Waals surface area contributed by atoms with Gasteiger partial charge < -0.3 is 10.0 Å². The van der Waals surface area contributed by atoms with Crippen LogP contribution in [0.1, 0.15) is 0 Å². The van der Waals surface area contributed by atoms with Gasteiger partial charge in [0.2, 0.25) is 0 Å². The van der Waals surface area contributed by atoms with Crippen LogP contribution in [0.2, 0.25) is 0 Å². The van der Waals surface area contributed by atoms with Crippen molar-refractivity contribution >= 4 is 27.9 Å². The van der Waals surface area contributed by atoms with Gasteiger partial charge in [0.1, 0.15) is 0 Å². The van der Waals surface area contributed by atoms with Gasteiger partial charge in [0.15, 0.2) is 0 Å². The van der Waals surface area contributed by atoms with Gasteiger partial charge in [-0.25, -0.2) is 0 Å². The maximum atomic E-state index is 5.56. The minimum Gasteiger partial charge on any atom is -0.489 e. The predicted molar refractivity (Wildman–Crippen MR) is 40.2 cm³/mol. The number of para-hydroxylation sites is 2. The fourth-order valence-electron chi connectivity index (χ4n) is 0.628. The summed E-state index contributed by atoms with van der Waals surface area (Å²) in [7, 11) is 0. The zero-order chi connectivity index (χ0) is 6.69. The average molecular weight is 134 g/mol. The van der Waals surface area contributed by atoms with Crippen molar-refractivity contribution in [2.24, 2.45) is 0 Å². The van der Waals surface area contributed by atoms with E-state index in [1.165, 1.54) is 0 Å². The molecule has 0 heterocycles. The Morgan fingerprint density at radius 2 is 2.00 bits per heavy atom. The number of rotatable bonds is 1. The minimum absolute atomic E-state index is 0.771. The molecule has 0 aliphatic carbocycles.